The van der Waals surface area contributed by atoms with Crippen LogP contribution in [0.4, 0.5) is 5.82 Å². The molecule has 1 fully saturated rings. The highest BCUT2D eigenvalue weighted by Crippen LogP contribution is 2.25. The molecule has 3 nitrogen and oxygen atoms in total. The van der Waals surface area contributed by atoms with E-state index in [1.54, 1.807) is 6.20 Å². The predicted octanol–water partition coefficient (Wildman–Crippen LogP) is 3.99. The quantitative estimate of drug-likeness (QED) is 0.656. The van der Waals surface area contributed by atoms with Crippen LogP contribution in [-0.2, 0) is 4.79 Å². The van der Waals surface area contributed by atoms with Crippen LogP contribution in [0.3, 0.4) is 0 Å². The van der Waals surface area contributed by atoms with E-state index in [1.807, 2.05) is 12.1 Å². The molecule has 98 valence electrons. The molecule has 1 heterocycles. The number of aromatic nitrogens is 1. The number of anilines is 1. The first-order valence-electron chi connectivity index (χ1n) is 6.65. The summed E-state index contributed by atoms with van der Waals surface area (Å²) in [5.41, 5.74) is 0. The fraction of sp³-hybridized carbons (Fsp3) is 0.571. The highest BCUT2D eigenvalue weighted by Gasteiger charge is 2.16. The summed E-state index contributed by atoms with van der Waals surface area (Å²) in [5.74, 6) is 1.33. The van der Waals surface area contributed by atoms with Crippen molar-refractivity contribution in [1.29, 1.82) is 0 Å². The third kappa shape index (κ3) is 4.55. The summed E-state index contributed by atoms with van der Waals surface area (Å²) in [6.45, 7) is 0. The second-order valence-corrected chi connectivity index (χ2v) is 6.22. The van der Waals surface area contributed by atoms with Crippen molar-refractivity contribution in [3.8, 4) is 0 Å². The fourth-order valence-corrected chi connectivity index (χ4v) is 2.79. The van der Waals surface area contributed by atoms with Crippen LogP contribution in [0.2, 0.25) is 0 Å². The number of nitrogens with one attached hydrogen (secondary N) is 1. The molecule has 1 aromatic heterocycles. The molecule has 1 aromatic rings. The van der Waals surface area contributed by atoms with E-state index in [4.69, 9.17) is 0 Å². The monoisotopic (exact) mass is 358 g/mol. The number of pyridine rings is 1. The number of hydrogen-bond donors (Lipinski definition) is 1. The van der Waals surface area contributed by atoms with E-state index in [1.165, 1.54) is 38.5 Å². The Morgan fingerprint density at radius 3 is 2.61 bits per heavy atom. The molecule has 1 saturated carbocycles. The van der Waals surface area contributed by atoms with Crippen molar-refractivity contribution in [2.45, 2.75) is 44.9 Å². The Bertz CT molecular complexity index is 383. The molecule has 0 atom stereocenters. The molecule has 2 rings (SSSR count). The van der Waals surface area contributed by atoms with Crippen molar-refractivity contribution in [3.63, 3.8) is 0 Å². The first-order chi connectivity index (χ1) is 8.74. The molecule has 0 unspecified atom stereocenters. The SMILES string of the molecule is O=C(CC1CCCCCC1)Nc1ccc(I)cn1. The summed E-state index contributed by atoms with van der Waals surface area (Å²) in [7, 11) is 0. The first-order valence-corrected chi connectivity index (χ1v) is 7.73. The van der Waals surface area contributed by atoms with Crippen molar-refractivity contribution in [2.75, 3.05) is 5.32 Å². The normalized spacial score (nSPS) is 17.2. The molecule has 1 aliphatic rings. The molecule has 18 heavy (non-hydrogen) atoms. The number of carbonyl (C=O) groups is 1. The van der Waals surface area contributed by atoms with Crippen LogP contribution in [0.15, 0.2) is 18.3 Å². The van der Waals surface area contributed by atoms with Gasteiger partial charge in [0.1, 0.15) is 5.82 Å². The maximum absolute atomic E-state index is 11.9. The number of halogens is 1. The molecule has 0 bridgehead atoms. The summed E-state index contributed by atoms with van der Waals surface area (Å²) in [5, 5.41) is 2.88. The van der Waals surface area contributed by atoms with Gasteiger partial charge in [-0.15, -0.1) is 0 Å². The predicted molar refractivity (Wildman–Crippen MR) is 81.4 cm³/mol. The van der Waals surface area contributed by atoms with E-state index in [9.17, 15) is 4.79 Å². The van der Waals surface area contributed by atoms with E-state index in [0.717, 1.165) is 3.57 Å². The van der Waals surface area contributed by atoms with E-state index in [0.29, 0.717) is 18.2 Å². The molecule has 0 saturated heterocycles. The Morgan fingerprint density at radius 1 is 1.28 bits per heavy atom. The topological polar surface area (TPSA) is 42.0 Å². The first kappa shape index (κ1) is 13.8. The van der Waals surface area contributed by atoms with Crippen LogP contribution in [-0.4, -0.2) is 10.9 Å². The lowest BCUT2D eigenvalue weighted by Crippen LogP contribution is -2.17. The van der Waals surface area contributed by atoms with Gasteiger partial charge in [-0.05, 0) is 53.5 Å². The van der Waals surface area contributed by atoms with Gasteiger partial charge in [-0.25, -0.2) is 4.98 Å². The minimum absolute atomic E-state index is 0.107. The van der Waals surface area contributed by atoms with Gasteiger partial charge in [-0.2, -0.15) is 0 Å². The summed E-state index contributed by atoms with van der Waals surface area (Å²) in [6.07, 6.45) is 10.0. The van der Waals surface area contributed by atoms with Gasteiger partial charge in [0.25, 0.3) is 0 Å². The molecule has 1 amide bonds. The lowest BCUT2D eigenvalue weighted by molar-refractivity contribution is -0.117. The second-order valence-electron chi connectivity index (χ2n) is 4.97. The van der Waals surface area contributed by atoms with E-state index in [-0.39, 0.29) is 5.91 Å². The Labute approximate surface area is 122 Å². The van der Waals surface area contributed by atoms with Gasteiger partial charge in [-0.3, -0.25) is 4.79 Å². The van der Waals surface area contributed by atoms with Gasteiger partial charge in [0.2, 0.25) is 5.91 Å². The Kier molecular flexibility index (Phi) is 5.41. The minimum Gasteiger partial charge on any atom is -0.311 e. The largest absolute Gasteiger partial charge is 0.311 e. The van der Waals surface area contributed by atoms with Crippen LogP contribution < -0.4 is 5.32 Å². The molecular formula is C14H19IN2O. The highest BCUT2D eigenvalue weighted by molar-refractivity contribution is 14.1. The lowest BCUT2D eigenvalue weighted by atomic mass is 9.96. The van der Waals surface area contributed by atoms with Crippen LogP contribution in [0.5, 0.6) is 0 Å². The summed E-state index contributed by atoms with van der Waals surface area (Å²) >= 11 is 2.20. The van der Waals surface area contributed by atoms with Crippen molar-refractivity contribution >= 4 is 34.3 Å². The van der Waals surface area contributed by atoms with Gasteiger partial charge in [0.05, 0.1) is 0 Å². The van der Waals surface area contributed by atoms with Crippen LogP contribution >= 0.6 is 22.6 Å². The van der Waals surface area contributed by atoms with E-state index in [2.05, 4.69) is 32.9 Å². The average Bonchev–Trinajstić information content (AvgIpc) is 2.61. The molecule has 0 aromatic carbocycles. The lowest BCUT2D eigenvalue weighted by Gasteiger charge is -2.13. The summed E-state index contributed by atoms with van der Waals surface area (Å²) in [6, 6.07) is 3.81. The number of carbonyl (C=O) groups excluding carboxylic acids is 1. The Balaban J connectivity index is 1.82. The smallest absolute Gasteiger partial charge is 0.225 e. The van der Waals surface area contributed by atoms with E-state index < -0.39 is 0 Å². The fourth-order valence-electron chi connectivity index (χ4n) is 2.47. The van der Waals surface area contributed by atoms with Gasteiger partial charge >= 0.3 is 0 Å². The van der Waals surface area contributed by atoms with Crippen LogP contribution in [0.1, 0.15) is 44.9 Å². The zero-order chi connectivity index (χ0) is 12.8. The molecule has 1 N–H and O–H groups in total. The Hall–Kier alpha value is -0.650. The van der Waals surface area contributed by atoms with Gasteiger partial charge in [0.15, 0.2) is 0 Å². The highest BCUT2D eigenvalue weighted by atomic mass is 127. The third-order valence-electron chi connectivity index (χ3n) is 3.44. The molecule has 0 spiro atoms. The Morgan fingerprint density at radius 2 is 2.00 bits per heavy atom. The van der Waals surface area contributed by atoms with Gasteiger partial charge < -0.3 is 5.32 Å². The number of hydrogen-bond acceptors (Lipinski definition) is 2. The summed E-state index contributed by atoms with van der Waals surface area (Å²) < 4.78 is 1.08. The van der Waals surface area contributed by atoms with Crippen molar-refractivity contribution in [3.05, 3.63) is 21.9 Å². The maximum atomic E-state index is 11.9. The van der Waals surface area contributed by atoms with E-state index >= 15 is 0 Å². The zero-order valence-electron chi connectivity index (χ0n) is 10.5. The van der Waals surface area contributed by atoms with Gasteiger partial charge in [-0.1, -0.05) is 25.7 Å². The van der Waals surface area contributed by atoms with Crippen molar-refractivity contribution in [1.82, 2.24) is 4.98 Å². The summed E-state index contributed by atoms with van der Waals surface area (Å²) in [4.78, 5) is 16.1. The zero-order valence-corrected chi connectivity index (χ0v) is 12.7. The molecular weight excluding hydrogens is 339 g/mol. The van der Waals surface area contributed by atoms with Crippen molar-refractivity contribution < 1.29 is 4.79 Å². The molecule has 4 heteroatoms. The van der Waals surface area contributed by atoms with Crippen molar-refractivity contribution in [2.24, 2.45) is 5.92 Å². The van der Waals surface area contributed by atoms with Crippen LogP contribution in [0.25, 0.3) is 0 Å². The number of rotatable bonds is 3. The number of nitrogens with zero attached hydrogens (tertiary/aromatic N) is 1. The third-order valence-corrected chi connectivity index (χ3v) is 4.08. The minimum atomic E-state index is 0.107. The maximum Gasteiger partial charge on any atom is 0.225 e. The molecule has 0 aliphatic heterocycles. The molecule has 1 aliphatic carbocycles. The second kappa shape index (κ2) is 7.07. The number of amides is 1. The van der Waals surface area contributed by atoms with Crippen LogP contribution in [0, 0.1) is 9.49 Å². The molecule has 0 radical (unpaired) electrons. The standard InChI is InChI=1S/C14H19IN2O/c15-12-7-8-13(16-10-12)17-14(18)9-11-5-3-1-2-4-6-11/h7-8,10-11H,1-6,9H2,(H,16,17,18). The average molecular weight is 358 g/mol. The van der Waals surface area contributed by atoms with Gasteiger partial charge in [0, 0.05) is 16.2 Å².